The average Bonchev–Trinajstić information content (AvgIpc) is 3.23. The van der Waals surface area contributed by atoms with E-state index in [2.05, 4.69) is 10.3 Å². The smallest absolute Gasteiger partial charge is 0.260 e. The molecule has 0 aliphatic carbocycles. The third kappa shape index (κ3) is 5.48. The molecule has 3 rings (SSSR count). The summed E-state index contributed by atoms with van der Waals surface area (Å²) in [5, 5.41) is 2.90. The maximum absolute atomic E-state index is 14.1. The average molecular weight is 545 g/mol. The highest BCUT2D eigenvalue weighted by Gasteiger charge is 2.39. The van der Waals surface area contributed by atoms with E-state index in [0.29, 0.717) is 29.7 Å². The molecule has 0 bridgehead atoms. The lowest BCUT2D eigenvalue weighted by Crippen LogP contribution is -2.30. The van der Waals surface area contributed by atoms with Crippen molar-refractivity contribution in [3.8, 4) is 11.5 Å². The van der Waals surface area contributed by atoms with Gasteiger partial charge in [0.15, 0.2) is 34.8 Å². The summed E-state index contributed by atoms with van der Waals surface area (Å²) in [6, 6.07) is 4.54. The van der Waals surface area contributed by atoms with Crippen LogP contribution in [-0.2, 0) is 9.59 Å². The number of thioether (sulfide) groups is 1. The minimum absolute atomic E-state index is 0.0647. The SMILES string of the molecule is CCCN=C1S[C@@H](C(=O)Nc2c(F)c(F)c(F)c(F)c2F)C(N)=C1C(=O)Nc1ccc(OC)c(OC)c1. The second-order valence-electron chi connectivity index (χ2n) is 7.47. The van der Waals surface area contributed by atoms with Gasteiger partial charge in [-0.25, -0.2) is 22.0 Å². The predicted octanol–water partition coefficient (Wildman–Crippen LogP) is 4.11. The first kappa shape index (κ1) is 27.8. The summed E-state index contributed by atoms with van der Waals surface area (Å²) < 4.78 is 78.9. The number of methoxy groups -OCH3 is 2. The molecule has 0 spiro atoms. The van der Waals surface area contributed by atoms with Crippen LogP contribution in [0.5, 0.6) is 11.5 Å². The fraction of sp³-hybridized carbons (Fsp3) is 0.261. The van der Waals surface area contributed by atoms with Crippen molar-refractivity contribution in [2.24, 2.45) is 10.7 Å². The number of anilines is 2. The molecule has 1 aliphatic heterocycles. The molecule has 0 unspecified atom stereocenters. The van der Waals surface area contributed by atoms with Gasteiger partial charge in [-0.3, -0.25) is 14.6 Å². The molecule has 1 heterocycles. The van der Waals surface area contributed by atoms with Crippen LogP contribution in [0, 0.1) is 29.1 Å². The zero-order chi connectivity index (χ0) is 27.4. The zero-order valence-electron chi connectivity index (χ0n) is 19.7. The van der Waals surface area contributed by atoms with Crippen molar-refractivity contribution in [1.82, 2.24) is 0 Å². The molecule has 2 amide bonds. The van der Waals surface area contributed by atoms with Crippen molar-refractivity contribution >= 4 is 40.0 Å². The summed E-state index contributed by atoms with van der Waals surface area (Å²) in [4.78, 5) is 30.2. The number of amides is 2. The number of ether oxygens (including phenoxy) is 2. The Bertz CT molecular complexity index is 1290. The highest BCUT2D eigenvalue weighted by atomic mass is 32.2. The topological polar surface area (TPSA) is 115 Å². The number of carbonyl (C=O) groups excluding carboxylic acids is 2. The van der Waals surface area contributed by atoms with E-state index in [1.807, 2.05) is 6.92 Å². The normalized spacial score (nSPS) is 16.2. The number of nitrogens with zero attached hydrogens (tertiary/aromatic N) is 1. The fourth-order valence-corrected chi connectivity index (χ4v) is 4.38. The Balaban J connectivity index is 1.94. The van der Waals surface area contributed by atoms with Gasteiger partial charge in [0.25, 0.3) is 5.91 Å². The Morgan fingerprint density at radius 2 is 1.57 bits per heavy atom. The van der Waals surface area contributed by atoms with Gasteiger partial charge in [-0.15, -0.1) is 0 Å². The second-order valence-corrected chi connectivity index (χ2v) is 8.57. The number of aliphatic imine (C=N–C) groups is 1. The Morgan fingerprint density at radius 1 is 0.973 bits per heavy atom. The molecule has 14 heteroatoms. The number of carbonyl (C=O) groups is 2. The summed E-state index contributed by atoms with van der Waals surface area (Å²) in [5.74, 6) is -12.5. The first-order chi connectivity index (χ1) is 17.5. The molecule has 4 N–H and O–H groups in total. The molecule has 198 valence electrons. The third-order valence-corrected chi connectivity index (χ3v) is 6.32. The van der Waals surface area contributed by atoms with Gasteiger partial charge in [0.2, 0.25) is 11.7 Å². The number of hydrogen-bond acceptors (Lipinski definition) is 7. The number of rotatable bonds is 8. The van der Waals surface area contributed by atoms with E-state index in [1.54, 1.807) is 11.4 Å². The van der Waals surface area contributed by atoms with Crippen LogP contribution in [0.1, 0.15) is 13.3 Å². The van der Waals surface area contributed by atoms with Crippen molar-refractivity contribution < 1.29 is 41.0 Å². The fourth-order valence-electron chi connectivity index (χ4n) is 3.25. The van der Waals surface area contributed by atoms with Crippen molar-refractivity contribution in [1.29, 1.82) is 0 Å². The van der Waals surface area contributed by atoms with Crippen LogP contribution in [0.2, 0.25) is 0 Å². The van der Waals surface area contributed by atoms with Crippen LogP contribution in [0.3, 0.4) is 0 Å². The van der Waals surface area contributed by atoms with Gasteiger partial charge in [-0.05, 0) is 18.6 Å². The maximum atomic E-state index is 14.1. The number of nitrogens with two attached hydrogens (primary N) is 1. The Kier molecular flexibility index (Phi) is 8.63. The lowest BCUT2D eigenvalue weighted by atomic mass is 10.1. The van der Waals surface area contributed by atoms with Gasteiger partial charge >= 0.3 is 0 Å². The highest BCUT2D eigenvalue weighted by Crippen LogP contribution is 2.36. The number of halogens is 5. The molecule has 0 aromatic heterocycles. The molecule has 0 fully saturated rings. The molecule has 0 saturated carbocycles. The van der Waals surface area contributed by atoms with Gasteiger partial charge < -0.3 is 25.8 Å². The molecule has 2 aromatic carbocycles. The van der Waals surface area contributed by atoms with E-state index >= 15 is 0 Å². The molecule has 8 nitrogen and oxygen atoms in total. The largest absolute Gasteiger partial charge is 0.493 e. The summed E-state index contributed by atoms with van der Waals surface area (Å²) in [5.41, 5.74) is 4.33. The van der Waals surface area contributed by atoms with E-state index in [-0.39, 0.29) is 28.5 Å². The molecule has 1 aliphatic rings. The van der Waals surface area contributed by atoms with E-state index in [0.717, 1.165) is 0 Å². The Labute approximate surface area is 212 Å². The van der Waals surface area contributed by atoms with Crippen LogP contribution in [0.15, 0.2) is 34.5 Å². The molecular formula is C23H21F5N4O4S. The Morgan fingerprint density at radius 3 is 2.14 bits per heavy atom. The van der Waals surface area contributed by atoms with Crippen LogP contribution < -0.4 is 25.8 Å². The maximum Gasteiger partial charge on any atom is 0.260 e. The number of benzene rings is 2. The summed E-state index contributed by atoms with van der Waals surface area (Å²) in [6.45, 7) is 2.07. The van der Waals surface area contributed by atoms with E-state index < -0.39 is 51.8 Å². The summed E-state index contributed by atoms with van der Waals surface area (Å²) in [6.07, 6.45) is 0.579. The molecule has 2 aromatic rings. The van der Waals surface area contributed by atoms with Crippen LogP contribution >= 0.6 is 11.8 Å². The minimum atomic E-state index is -2.37. The van der Waals surface area contributed by atoms with Crippen molar-refractivity contribution in [2.75, 3.05) is 31.4 Å². The number of nitrogens with one attached hydrogen (secondary N) is 2. The highest BCUT2D eigenvalue weighted by molar-refractivity contribution is 8.16. The lowest BCUT2D eigenvalue weighted by molar-refractivity contribution is -0.115. The third-order valence-electron chi connectivity index (χ3n) is 5.06. The molecule has 1 atom stereocenters. The monoisotopic (exact) mass is 544 g/mol. The van der Waals surface area contributed by atoms with Gasteiger partial charge in [-0.1, -0.05) is 18.7 Å². The predicted molar refractivity (Wildman–Crippen MR) is 128 cm³/mol. The van der Waals surface area contributed by atoms with Crippen molar-refractivity contribution in [2.45, 2.75) is 18.6 Å². The standard InChI is InChI=1S/C23H21F5N4O4S/c1-4-7-30-23-12(21(33)31-9-5-6-10(35-2)11(8-9)36-3)18(29)20(37-23)22(34)32-19-16(27)14(25)13(24)15(26)17(19)28/h5-6,8,20H,4,7,29H2,1-3H3,(H,31,33)(H,32,34)/t20-/m1/s1. The van der Waals surface area contributed by atoms with Gasteiger partial charge in [0.1, 0.15) is 16.0 Å². The molecule has 0 radical (unpaired) electrons. The van der Waals surface area contributed by atoms with Crippen LogP contribution in [0.4, 0.5) is 33.3 Å². The van der Waals surface area contributed by atoms with E-state index in [4.69, 9.17) is 15.2 Å². The van der Waals surface area contributed by atoms with E-state index in [1.165, 1.54) is 26.4 Å². The summed E-state index contributed by atoms with van der Waals surface area (Å²) in [7, 11) is 2.84. The quantitative estimate of drug-likeness (QED) is 0.262. The van der Waals surface area contributed by atoms with Crippen LogP contribution in [0.25, 0.3) is 0 Å². The minimum Gasteiger partial charge on any atom is -0.493 e. The second kappa shape index (κ2) is 11.5. The Hall–Kier alpha value is -3.81. The first-order valence-corrected chi connectivity index (χ1v) is 11.5. The molecule has 0 saturated heterocycles. The van der Waals surface area contributed by atoms with Crippen LogP contribution in [-0.4, -0.2) is 42.9 Å². The van der Waals surface area contributed by atoms with Gasteiger partial charge in [-0.2, -0.15) is 0 Å². The van der Waals surface area contributed by atoms with Gasteiger partial charge in [0, 0.05) is 24.0 Å². The number of hydrogen-bond donors (Lipinski definition) is 3. The molecular weight excluding hydrogens is 523 g/mol. The lowest BCUT2D eigenvalue weighted by Gasteiger charge is -2.14. The zero-order valence-corrected chi connectivity index (χ0v) is 20.5. The van der Waals surface area contributed by atoms with Crippen molar-refractivity contribution in [3.63, 3.8) is 0 Å². The van der Waals surface area contributed by atoms with Gasteiger partial charge in [0.05, 0.1) is 19.8 Å². The summed E-state index contributed by atoms with van der Waals surface area (Å²) >= 11 is 0.697. The molecule has 37 heavy (non-hydrogen) atoms. The first-order valence-electron chi connectivity index (χ1n) is 10.6. The van der Waals surface area contributed by atoms with Crippen molar-refractivity contribution in [3.05, 3.63) is 58.6 Å². The van der Waals surface area contributed by atoms with E-state index in [9.17, 15) is 31.5 Å².